The Morgan fingerprint density at radius 1 is 1.05 bits per heavy atom. The minimum atomic E-state index is -3.70. The predicted molar refractivity (Wildman–Crippen MR) is 165 cm³/mol. The Labute approximate surface area is 254 Å². The van der Waals surface area contributed by atoms with Gasteiger partial charge in [-0.1, -0.05) is 52.4 Å². The predicted octanol–water partition coefficient (Wildman–Crippen LogP) is 4.70. The van der Waals surface area contributed by atoms with Crippen molar-refractivity contribution >= 4 is 36.4 Å². The van der Waals surface area contributed by atoms with Crippen LogP contribution in [-0.4, -0.2) is 68.2 Å². The van der Waals surface area contributed by atoms with E-state index in [1.165, 1.54) is 6.33 Å². The highest BCUT2D eigenvalue weighted by Gasteiger charge is 2.56. The minimum absolute atomic E-state index is 0.279. The highest BCUT2D eigenvalue weighted by molar-refractivity contribution is 7.59. The first-order chi connectivity index (χ1) is 20.5. The van der Waals surface area contributed by atoms with Crippen LogP contribution in [0, 0.1) is 0 Å². The van der Waals surface area contributed by atoms with Crippen LogP contribution in [-0.2, 0) is 34.9 Å². The number of carbonyl (C=O) groups is 2. The van der Waals surface area contributed by atoms with Crippen LogP contribution in [0.5, 0.6) is 0 Å². The Bertz CT molecular complexity index is 1220. The molecule has 242 valence electrons. The topological polar surface area (TPSA) is 173 Å². The van der Waals surface area contributed by atoms with Crippen LogP contribution in [0.25, 0.3) is 11.2 Å². The molecule has 0 aliphatic heterocycles. The number of esters is 2. The van der Waals surface area contributed by atoms with Crippen LogP contribution in [0.15, 0.2) is 12.7 Å². The van der Waals surface area contributed by atoms with E-state index in [0.717, 1.165) is 51.4 Å². The molecule has 14 heteroatoms. The first-order valence-electron chi connectivity index (χ1n) is 15.5. The Hall–Kier alpha value is -2.60. The van der Waals surface area contributed by atoms with Crippen molar-refractivity contribution in [3.8, 4) is 0 Å². The molecule has 0 bridgehead atoms. The maximum absolute atomic E-state index is 14.5. The van der Waals surface area contributed by atoms with Crippen molar-refractivity contribution in [3.63, 3.8) is 0 Å². The number of nitrogens with zero attached hydrogens (tertiary/aromatic N) is 4. The van der Waals surface area contributed by atoms with Crippen molar-refractivity contribution in [1.82, 2.24) is 29.7 Å². The summed E-state index contributed by atoms with van der Waals surface area (Å²) in [5, 5.41) is 6.05. The summed E-state index contributed by atoms with van der Waals surface area (Å²) in [5.74, 6) is -0.677. The lowest BCUT2D eigenvalue weighted by Gasteiger charge is -2.33. The summed E-state index contributed by atoms with van der Waals surface area (Å²) < 4.78 is 33.4. The number of hydrogen-bond donors (Lipinski definition) is 3. The SMILES string of the molecule is CCCCCCOC(=O)C(C)(C)NP(=O)(CO[C@H](C)Cn1cnc2c(N)ncnc21)NC1(C(=O)OCCCCCC)CC1. The second-order valence-electron chi connectivity index (χ2n) is 12.0. The molecule has 2 aromatic heterocycles. The Balaban J connectivity index is 1.69. The van der Waals surface area contributed by atoms with Gasteiger partial charge in [-0.15, -0.1) is 0 Å². The van der Waals surface area contributed by atoms with Gasteiger partial charge in [-0.3, -0.25) is 14.2 Å². The third kappa shape index (κ3) is 10.2. The highest BCUT2D eigenvalue weighted by Crippen LogP contribution is 2.49. The fraction of sp³-hybridized carbons (Fsp3) is 0.759. The molecule has 2 atom stereocenters. The first-order valence-corrected chi connectivity index (χ1v) is 17.4. The van der Waals surface area contributed by atoms with E-state index < -0.39 is 36.6 Å². The standard InChI is InChI=1S/C29H50N7O6P/c1-6-8-10-12-16-40-26(37)28(4,5)34-43(39,35-29(14-15-29)27(38)41-17-13-11-9-7-2)21-42-22(3)18-36-20-33-23-24(30)31-19-32-25(23)36/h19-20,22H,6-18,21H2,1-5H3,(H2,30,31,32)(H2,34,35,39)/t22-,43?/m1/s1. The number of hydrogen-bond acceptors (Lipinski definition) is 10. The molecule has 0 saturated heterocycles. The summed E-state index contributed by atoms with van der Waals surface area (Å²) in [4.78, 5) is 38.6. The maximum Gasteiger partial charge on any atom is 0.326 e. The molecule has 3 rings (SSSR count). The van der Waals surface area contributed by atoms with Crippen LogP contribution in [0.1, 0.15) is 98.8 Å². The molecule has 0 spiro atoms. The number of anilines is 1. The van der Waals surface area contributed by atoms with Crippen molar-refractivity contribution in [2.24, 2.45) is 0 Å². The van der Waals surface area contributed by atoms with Crippen LogP contribution in [0.2, 0.25) is 0 Å². The normalized spacial score (nSPS) is 16.5. The van der Waals surface area contributed by atoms with Crippen LogP contribution >= 0.6 is 7.44 Å². The van der Waals surface area contributed by atoms with E-state index >= 15 is 0 Å². The molecular formula is C29H50N7O6P. The van der Waals surface area contributed by atoms with Gasteiger partial charge in [0.1, 0.15) is 29.3 Å². The van der Waals surface area contributed by atoms with Crippen LogP contribution in [0.4, 0.5) is 5.82 Å². The van der Waals surface area contributed by atoms with E-state index in [2.05, 4.69) is 39.0 Å². The molecule has 0 aromatic carbocycles. The van der Waals surface area contributed by atoms with Gasteiger partial charge in [-0.25, -0.2) is 25.1 Å². The second-order valence-corrected chi connectivity index (χ2v) is 14.2. The number of aromatic nitrogens is 4. The molecule has 0 amide bonds. The summed E-state index contributed by atoms with van der Waals surface area (Å²) >= 11 is 0. The average Bonchev–Trinajstić information content (AvgIpc) is 3.62. The molecule has 2 heterocycles. The third-order valence-corrected chi connectivity index (χ3v) is 9.61. The lowest BCUT2D eigenvalue weighted by Crippen LogP contribution is -2.51. The summed E-state index contributed by atoms with van der Waals surface area (Å²) in [6, 6.07) is 0. The lowest BCUT2D eigenvalue weighted by atomic mass is 10.1. The van der Waals surface area contributed by atoms with Gasteiger partial charge in [0.25, 0.3) is 0 Å². The molecule has 1 unspecified atom stereocenters. The Morgan fingerprint density at radius 2 is 1.70 bits per heavy atom. The third-order valence-electron chi connectivity index (χ3n) is 7.39. The van der Waals surface area contributed by atoms with Gasteiger partial charge >= 0.3 is 11.9 Å². The van der Waals surface area contributed by atoms with Crippen LogP contribution in [0.3, 0.4) is 0 Å². The summed E-state index contributed by atoms with van der Waals surface area (Å²) in [7, 11) is -3.70. The van der Waals surface area contributed by atoms with E-state index in [1.807, 2.05) is 6.92 Å². The Morgan fingerprint density at radius 3 is 2.33 bits per heavy atom. The summed E-state index contributed by atoms with van der Waals surface area (Å²) in [5.41, 5.74) is 4.55. The molecular weight excluding hydrogens is 573 g/mol. The number of nitrogen functional groups attached to an aromatic ring is 1. The van der Waals surface area contributed by atoms with Crippen molar-refractivity contribution < 1.29 is 28.4 Å². The zero-order chi connectivity index (χ0) is 31.5. The fourth-order valence-electron chi connectivity index (χ4n) is 4.72. The quantitative estimate of drug-likeness (QED) is 0.0995. The number of nitrogens with two attached hydrogens (primary N) is 1. The van der Waals surface area contributed by atoms with Crippen molar-refractivity contribution in [3.05, 3.63) is 12.7 Å². The van der Waals surface area contributed by atoms with Crippen molar-refractivity contribution in [2.45, 2.75) is 123 Å². The molecule has 43 heavy (non-hydrogen) atoms. The van der Waals surface area contributed by atoms with Gasteiger partial charge in [0.2, 0.25) is 7.44 Å². The number of imidazole rings is 1. The molecule has 4 N–H and O–H groups in total. The molecule has 2 aromatic rings. The summed E-state index contributed by atoms with van der Waals surface area (Å²) in [6.07, 6.45) is 11.0. The number of nitrogens with one attached hydrogen (secondary N) is 2. The molecule has 1 aliphatic carbocycles. The number of fused-ring (bicyclic) bond motifs is 1. The van der Waals surface area contributed by atoms with Gasteiger partial charge in [0, 0.05) is 0 Å². The van der Waals surface area contributed by atoms with Gasteiger partial charge in [-0.2, -0.15) is 0 Å². The van der Waals surface area contributed by atoms with Gasteiger partial charge in [0.05, 0.1) is 32.2 Å². The molecule has 1 fully saturated rings. The largest absolute Gasteiger partial charge is 0.464 e. The lowest BCUT2D eigenvalue weighted by molar-refractivity contribution is -0.149. The van der Waals surface area contributed by atoms with E-state index in [9.17, 15) is 14.2 Å². The van der Waals surface area contributed by atoms with Gasteiger partial charge < -0.3 is 24.5 Å². The van der Waals surface area contributed by atoms with Gasteiger partial charge in [-0.05, 0) is 46.5 Å². The highest BCUT2D eigenvalue weighted by atomic mass is 31.2. The number of ether oxygens (including phenoxy) is 3. The van der Waals surface area contributed by atoms with Crippen molar-refractivity contribution in [1.29, 1.82) is 0 Å². The van der Waals surface area contributed by atoms with E-state index in [0.29, 0.717) is 37.2 Å². The summed E-state index contributed by atoms with van der Waals surface area (Å²) in [6.45, 7) is 10.2. The van der Waals surface area contributed by atoms with E-state index in [-0.39, 0.29) is 18.8 Å². The second kappa shape index (κ2) is 15.9. The molecule has 1 aliphatic rings. The van der Waals surface area contributed by atoms with E-state index in [1.54, 1.807) is 24.7 Å². The van der Waals surface area contributed by atoms with Crippen molar-refractivity contribution in [2.75, 3.05) is 25.3 Å². The van der Waals surface area contributed by atoms with Crippen LogP contribution < -0.4 is 15.9 Å². The number of rotatable bonds is 21. The molecule has 1 saturated carbocycles. The average molecular weight is 624 g/mol. The minimum Gasteiger partial charge on any atom is -0.464 e. The van der Waals surface area contributed by atoms with E-state index in [4.69, 9.17) is 19.9 Å². The first kappa shape index (κ1) is 34.9. The zero-order valence-corrected chi connectivity index (χ0v) is 27.3. The maximum atomic E-state index is 14.5. The smallest absolute Gasteiger partial charge is 0.326 e. The van der Waals surface area contributed by atoms with Gasteiger partial charge in [0.15, 0.2) is 11.5 Å². The molecule has 0 radical (unpaired) electrons. The number of unbranched alkanes of at least 4 members (excludes halogenated alkanes) is 6. The number of carbonyl (C=O) groups excluding carboxylic acids is 2. The molecule has 13 nitrogen and oxygen atoms in total. The Kier molecular flexibility index (Phi) is 12.9. The fourth-order valence-corrected chi connectivity index (χ4v) is 7.37. The monoisotopic (exact) mass is 623 g/mol. The zero-order valence-electron chi connectivity index (χ0n) is 26.4.